The Balaban J connectivity index is 1.75. The van der Waals surface area contributed by atoms with Crippen molar-refractivity contribution in [3.63, 3.8) is 0 Å². The van der Waals surface area contributed by atoms with Crippen molar-refractivity contribution in [1.82, 2.24) is 4.90 Å². The van der Waals surface area contributed by atoms with Gasteiger partial charge >= 0.3 is 5.97 Å². The van der Waals surface area contributed by atoms with Gasteiger partial charge in [-0.1, -0.05) is 30.7 Å². The third-order valence-electron chi connectivity index (χ3n) is 8.51. The van der Waals surface area contributed by atoms with E-state index in [0.717, 1.165) is 0 Å². The van der Waals surface area contributed by atoms with Crippen LogP contribution >= 0.6 is 11.6 Å². The number of esters is 1. The number of hydrogen-bond acceptors (Lipinski definition) is 6. The highest BCUT2D eigenvalue weighted by Crippen LogP contribution is 2.64. The Labute approximate surface area is 235 Å². The molecule has 1 aromatic carbocycles. The number of anilines is 1. The zero-order chi connectivity index (χ0) is 28.2. The van der Waals surface area contributed by atoms with Gasteiger partial charge in [0.1, 0.15) is 17.6 Å². The van der Waals surface area contributed by atoms with Gasteiger partial charge in [0.05, 0.1) is 18.1 Å². The fourth-order valence-electron chi connectivity index (χ4n) is 6.72. The molecular formula is C30H39ClN2O6. The number of halogens is 1. The standard InChI is InChI=1S/C30H39ClN2O6/c1-4-7-20-38-28(37)24-23-26(35)33(18-9-8-10-19-34)25(30(23)16-15-29(24,6-3)39-30)27(36)32(17-5-2)22-13-11-21(31)12-14-22/h4-5,11-14,23-25,34H,1-2,6-10,15-20H2,3H3/t23-,24+,25?,29-,30?/m0/s1. The van der Waals surface area contributed by atoms with Gasteiger partial charge in [-0.2, -0.15) is 0 Å². The first-order valence-electron chi connectivity index (χ1n) is 13.9. The molecule has 0 aliphatic carbocycles. The van der Waals surface area contributed by atoms with Gasteiger partial charge in [0, 0.05) is 30.4 Å². The first kappa shape index (κ1) is 29.3. The number of carbonyl (C=O) groups is 3. The first-order chi connectivity index (χ1) is 18.8. The summed E-state index contributed by atoms with van der Waals surface area (Å²) in [6.07, 6.45) is 7.37. The van der Waals surface area contributed by atoms with Crippen LogP contribution in [0.4, 0.5) is 5.69 Å². The van der Waals surface area contributed by atoms with E-state index in [1.165, 1.54) is 0 Å². The molecule has 1 N–H and O–H groups in total. The molecule has 8 nitrogen and oxygen atoms in total. The fourth-order valence-corrected chi connectivity index (χ4v) is 6.85. The van der Waals surface area contributed by atoms with E-state index >= 15 is 0 Å². The van der Waals surface area contributed by atoms with Crippen LogP contribution in [0.3, 0.4) is 0 Å². The van der Waals surface area contributed by atoms with Crippen LogP contribution in [0.25, 0.3) is 0 Å². The number of aliphatic hydroxyl groups is 1. The molecule has 2 bridgehead atoms. The smallest absolute Gasteiger partial charge is 0.312 e. The van der Waals surface area contributed by atoms with Gasteiger partial charge in [-0.25, -0.2) is 0 Å². The van der Waals surface area contributed by atoms with E-state index < -0.39 is 35.0 Å². The quantitative estimate of drug-likeness (QED) is 0.208. The summed E-state index contributed by atoms with van der Waals surface area (Å²) in [5.41, 5.74) is -1.35. The molecule has 4 rings (SSSR count). The minimum Gasteiger partial charge on any atom is -0.465 e. The second-order valence-electron chi connectivity index (χ2n) is 10.6. The van der Waals surface area contributed by atoms with Crippen molar-refractivity contribution in [3.8, 4) is 0 Å². The molecule has 212 valence electrons. The van der Waals surface area contributed by atoms with Crippen LogP contribution in [0.15, 0.2) is 49.6 Å². The number of ether oxygens (including phenoxy) is 2. The molecule has 3 aliphatic rings. The number of nitrogens with zero attached hydrogens (tertiary/aromatic N) is 2. The normalized spacial score (nSPS) is 28.8. The molecule has 3 heterocycles. The summed E-state index contributed by atoms with van der Waals surface area (Å²) >= 11 is 6.11. The van der Waals surface area contributed by atoms with E-state index in [1.807, 2.05) is 6.92 Å². The zero-order valence-corrected chi connectivity index (χ0v) is 23.4. The van der Waals surface area contributed by atoms with Crippen molar-refractivity contribution < 1.29 is 29.0 Å². The van der Waals surface area contributed by atoms with Crippen LogP contribution in [-0.4, -0.2) is 71.3 Å². The number of fused-ring (bicyclic) bond motifs is 1. The first-order valence-corrected chi connectivity index (χ1v) is 14.2. The minimum absolute atomic E-state index is 0.0628. The fraction of sp³-hybridized carbons (Fsp3) is 0.567. The van der Waals surface area contributed by atoms with Gasteiger partial charge in [0.2, 0.25) is 5.91 Å². The molecular weight excluding hydrogens is 520 g/mol. The summed E-state index contributed by atoms with van der Waals surface area (Å²) in [5, 5.41) is 9.79. The number of aliphatic hydroxyl groups excluding tert-OH is 1. The van der Waals surface area contributed by atoms with E-state index in [0.29, 0.717) is 62.2 Å². The largest absolute Gasteiger partial charge is 0.465 e. The Morgan fingerprint density at radius 2 is 1.95 bits per heavy atom. The highest BCUT2D eigenvalue weighted by atomic mass is 35.5. The van der Waals surface area contributed by atoms with Crippen LogP contribution < -0.4 is 4.90 Å². The topological polar surface area (TPSA) is 96.4 Å². The van der Waals surface area contributed by atoms with Crippen molar-refractivity contribution in [2.75, 3.05) is 31.2 Å². The SMILES string of the molecule is C=CCCOC(=O)[C@H]1[C@H]2C(=O)N(CCCCCO)C(C(=O)N(CC=C)c3ccc(Cl)cc3)C23CC[C@]1(CC)O3. The van der Waals surface area contributed by atoms with Gasteiger partial charge in [-0.05, 0) is 69.2 Å². The van der Waals surface area contributed by atoms with Crippen molar-refractivity contribution in [2.24, 2.45) is 11.8 Å². The summed E-state index contributed by atoms with van der Waals surface area (Å²) < 4.78 is 12.4. The maximum atomic E-state index is 14.5. The summed E-state index contributed by atoms with van der Waals surface area (Å²) in [7, 11) is 0. The van der Waals surface area contributed by atoms with Crippen molar-refractivity contribution in [3.05, 3.63) is 54.6 Å². The maximum Gasteiger partial charge on any atom is 0.312 e. The number of carbonyl (C=O) groups excluding carboxylic acids is 3. The number of hydrogen-bond donors (Lipinski definition) is 1. The molecule has 3 fully saturated rings. The molecule has 1 spiro atoms. The molecule has 0 radical (unpaired) electrons. The van der Waals surface area contributed by atoms with E-state index in [9.17, 15) is 19.5 Å². The lowest BCUT2D eigenvalue weighted by Gasteiger charge is -2.37. The van der Waals surface area contributed by atoms with Gasteiger partial charge < -0.3 is 24.4 Å². The maximum absolute atomic E-state index is 14.5. The average molecular weight is 559 g/mol. The van der Waals surface area contributed by atoms with Crippen LogP contribution in [0, 0.1) is 11.8 Å². The number of unbranched alkanes of at least 4 members (excludes halogenated alkanes) is 2. The highest BCUT2D eigenvalue weighted by molar-refractivity contribution is 6.30. The van der Waals surface area contributed by atoms with E-state index in [4.69, 9.17) is 21.1 Å². The number of rotatable bonds is 14. The number of benzene rings is 1. The van der Waals surface area contributed by atoms with Crippen LogP contribution in [0.2, 0.25) is 5.02 Å². The van der Waals surface area contributed by atoms with Gasteiger partial charge in [0.15, 0.2) is 0 Å². The molecule has 0 saturated carbocycles. The second-order valence-corrected chi connectivity index (χ2v) is 11.0. The molecule has 3 aliphatic heterocycles. The summed E-state index contributed by atoms with van der Waals surface area (Å²) in [6, 6.07) is 6.06. The lowest BCUT2D eigenvalue weighted by molar-refractivity contribution is -0.160. The number of amides is 2. The second kappa shape index (κ2) is 12.2. The predicted molar refractivity (Wildman–Crippen MR) is 149 cm³/mol. The summed E-state index contributed by atoms with van der Waals surface area (Å²) in [6.45, 7) is 10.3. The van der Waals surface area contributed by atoms with Crippen molar-refractivity contribution in [2.45, 2.75) is 69.1 Å². The highest BCUT2D eigenvalue weighted by Gasteiger charge is 2.79. The van der Waals surface area contributed by atoms with E-state index in [1.54, 1.807) is 46.2 Å². The Kier molecular flexibility index (Phi) is 9.19. The molecule has 0 aromatic heterocycles. The molecule has 1 aromatic rings. The summed E-state index contributed by atoms with van der Waals surface area (Å²) in [4.78, 5) is 45.3. The third-order valence-corrected chi connectivity index (χ3v) is 8.76. The monoisotopic (exact) mass is 558 g/mol. The molecule has 39 heavy (non-hydrogen) atoms. The Morgan fingerprint density at radius 3 is 2.59 bits per heavy atom. The van der Waals surface area contributed by atoms with Crippen LogP contribution in [-0.2, 0) is 23.9 Å². The third kappa shape index (κ3) is 5.14. The molecule has 2 unspecified atom stereocenters. The van der Waals surface area contributed by atoms with E-state index in [2.05, 4.69) is 13.2 Å². The van der Waals surface area contributed by atoms with Crippen molar-refractivity contribution in [1.29, 1.82) is 0 Å². The predicted octanol–water partition coefficient (Wildman–Crippen LogP) is 4.30. The van der Waals surface area contributed by atoms with Gasteiger partial charge in [0.25, 0.3) is 5.91 Å². The van der Waals surface area contributed by atoms with E-state index in [-0.39, 0.29) is 31.6 Å². The Morgan fingerprint density at radius 1 is 1.21 bits per heavy atom. The molecule has 9 heteroatoms. The molecule has 2 amide bonds. The Bertz CT molecular complexity index is 1090. The van der Waals surface area contributed by atoms with Crippen LogP contribution in [0.5, 0.6) is 0 Å². The van der Waals surface area contributed by atoms with Crippen molar-refractivity contribution >= 4 is 35.1 Å². The van der Waals surface area contributed by atoms with Gasteiger partial charge in [-0.15, -0.1) is 13.2 Å². The lowest BCUT2D eigenvalue weighted by Crippen LogP contribution is -2.56. The minimum atomic E-state index is -1.13. The lowest BCUT2D eigenvalue weighted by atomic mass is 9.65. The molecule has 5 atom stereocenters. The van der Waals surface area contributed by atoms with Gasteiger partial charge in [-0.3, -0.25) is 14.4 Å². The number of likely N-dealkylation sites (tertiary alicyclic amines) is 1. The molecule has 3 saturated heterocycles. The zero-order valence-electron chi connectivity index (χ0n) is 22.6. The summed E-state index contributed by atoms with van der Waals surface area (Å²) in [5.74, 6) is -2.55. The van der Waals surface area contributed by atoms with Crippen LogP contribution in [0.1, 0.15) is 51.9 Å². The average Bonchev–Trinajstić information content (AvgIpc) is 3.54. The Hall–Kier alpha value is -2.68.